The van der Waals surface area contributed by atoms with Gasteiger partial charge in [0.05, 0.1) is 7.11 Å². The molecule has 0 spiro atoms. The molecule has 0 fully saturated rings. The van der Waals surface area contributed by atoms with Crippen molar-refractivity contribution in [2.24, 2.45) is 5.92 Å². The molecule has 1 aromatic carbocycles. The number of pyridine rings is 1. The molecule has 3 nitrogen and oxygen atoms in total. The molecule has 1 unspecified atom stereocenters. The van der Waals surface area contributed by atoms with Crippen LogP contribution in [0.2, 0.25) is 0 Å². The Morgan fingerprint density at radius 3 is 2.68 bits per heavy atom. The molecule has 0 N–H and O–H groups in total. The Morgan fingerprint density at radius 2 is 1.96 bits per heavy atom. The molecule has 1 aliphatic carbocycles. The lowest BCUT2D eigenvalue weighted by atomic mass is 9.85. The Balaban J connectivity index is 1.85. The molecular weight excluding hydrogens is 366 g/mol. The molecule has 3 aromatic rings. The zero-order valence-electron chi connectivity index (χ0n) is 16.1. The number of methoxy groups -OCH3 is 1. The minimum Gasteiger partial charge on any atom is -0.465 e. The number of carbonyl (C=O) groups is 1. The molecule has 4 heteroatoms. The highest BCUT2D eigenvalue weighted by atomic mass is 32.1. The van der Waals surface area contributed by atoms with E-state index >= 15 is 0 Å². The van der Waals surface area contributed by atoms with E-state index in [-0.39, 0.29) is 5.97 Å². The quantitative estimate of drug-likeness (QED) is 0.480. The number of allylic oxidation sites excluding steroid dienone is 2. The second-order valence-electron chi connectivity index (χ2n) is 7.24. The third-order valence-corrected chi connectivity index (χ3v) is 6.46. The summed E-state index contributed by atoms with van der Waals surface area (Å²) in [6.45, 7) is 2.29. The van der Waals surface area contributed by atoms with Crippen LogP contribution in [0.3, 0.4) is 0 Å². The van der Waals surface area contributed by atoms with Gasteiger partial charge in [-0.1, -0.05) is 43.3 Å². The monoisotopic (exact) mass is 389 g/mol. The van der Waals surface area contributed by atoms with E-state index in [0.717, 1.165) is 40.3 Å². The zero-order valence-corrected chi connectivity index (χ0v) is 17.0. The van der Waals surface area contributed by atoms with Gasteiger partial charge in [-0.15, -0.1) is 11.3 Å². The molecule has 2 heterocycles. The van der Waals surface area contributed by atoms with Crippen molar-refractivity contribution in [3.63, 3.8) is 0 Å². The van der Waals surface area contributed by atoms with Crippen LogP contribution in [0.15, 0.2) is 60.9 Å². The highest BCUT2D eigenvalue weighted by Gasteiger charge is 2.23. The first-order valence-electron chi connectivity index (χ1n) is 9.58. The Morgan fingerprint density at radius 1 is 1.14 bits per heavy atom. The van der Waals surface area contributed by atoms with E-state index in [0.29, 0.717) is 4.88 Å². The van der Waals surface area contributed by atoms with E-state index in [2.05, 4.69) is 42.2 Å². The summed E-state index contributed by atoms with van der Waals surface area (Å²) in [7, 11) is 1.43. The summed E-state index contributed by atoms with van der Waals surface area (Å²) in [5.41, 5.74) is 5.52. The van der Waals surface area contributed by atoms with Gasteiger partial charge in [0.1, 0.15) is 4.88 Å². The standard InChI is InChI=1S/C24H23NO2S/c1-16-8-10-17(11-9-16)19-12-13-25-15-21(19)20-14-22(18-6-4-3-5-7-18)28-23(20)24(26)27-2/h3-7,10,12-16H,8-9,11H2,1-2H3. The van der Waals surface area contributed by atoms with Gasteiger partial charge in [0, 0.05) is 28.4 Å². The number of hydrogen-bond donors (Lipinski definition) is 0. The fraction of sp³-hybridized carbons (Fsp3) is 0.250. The van der Waals surface area contributed by atoms with Gasteiger partial charge in [-0.3, -0.25) is 4.98 Å². The first-order valence-corrected chi connectivity index (χ1v) is 10.4. The molecule has 0 saturated carbocycles. The number of hydrogen-bond acceptors (Lipinski definition) is 4. The van der Waals surface area contributed by atoms with E-state index in [1.54, 1.807) is 0 Å². The number of esters is 1. The van der Waals surface area contributed by atoms with E-state index in [1.807, 2.05) is 30.6 Å². The normalized spacial score (nSPS) is 16.5. The SMILES string of the molecule is COC(=O)c1sc(-c2ccccc2)cc1-c1cnccc1C1=CCC(C)CC1. The Hall–Kier alpha value is -2.72. The van der Waals surface area contributed by atoms with Gasteiger partial charge in [0.25, 0.3) is 0 Å². The van der Waals surface area contributed by atoms with Crippen LogP contribution in [-0.4, -0.2) is 18.1 Å². The molecule has 1 aliphatic rings. The summed E-state index contributed by atoms with van der Waals surface area (Å²) >= 11 is 1.47. The minimum absolute atomic E-state index is 0.303. The Bertz CT molecular complexity index is 1020. The fourth-order valence-corrected chi connectivity index (χ4v) is 4.78. The Kier molecular flexibility index (Phi) is 5.40. The van der Waals surface area contributed by atoms with Crippen molar-refractivity contribution >= 4 is 22.9 Å². The predicted octanol–water partition coefficient (Wildman–Crippen LogP) is 6.47. The summed E-state index contributed by atoms with van der Waals surface area (Å²) in [6.07, 6.45) is 9.39. The van der Waals surface area contributed by atoms with E-state index in [9.17, 15) is 4.79 Å². The molecule has 28 heavy (non-hydrogen) atoms. The number of carbonyl (C=O) groups excluding carboxylic acids is 1. The van der Waals surface area contributed by atoms with Crippen molar-refractivity contribution < 1.29 is 9.53 Å². The van der Waals surface area contributed by atoms with Crippen LogP contribution in [0.1, 0.15) is 41.4 Å². The molecule has 0 amide bonds. The van der Waals surface area contributed by atoms with E-state index in [4.69, 9.17) is 4.74 Å². The summed E-state index contributed by atoms with van der Waals surface area (Å²) in [5.74, 6) is 0.425. The van der Waals surface area contributed by atoms with Crippen molar-refractivity contribution in [1.82, 2.24) is 4.98 Å². The Labute approximate surface area is 169 Å². The van der Waals surface area contributed by atoms with E-state index in [1.165, 1.54) is 36.0 Å². The molecule has 4 rings (SSSR count). The highest BCUT2D eigenvalue weighted by molar-refractivity contribution is 7.17. The maximum Gasteiger partial charge on any atom is 0.348 e. The number of ether oxygens (including phenoxy) is 1. The number of benzene rings is 1. The van der Waals surface area contributed by atoms with Crippen LogP contribution in [0, 0.1) is 5.92 Å². The molecule has 142 valence electrons. The molecule has 2 aromatic heterocycles. The van der Waals surface area contributed by atoms with Gasteiger partial charge >= 0.3 is 5.97 Å². The van der Waals surface area contributed by atoms with Crippen molar-refractivity contribution in [2.75, 3.05) is 7.11 Å². The summed E-state index contributed by atoms with van der Waals surface area (Å²) in [4.78, 5) is 18.6. The van der Waals surface area contributed by atoms with Crippen LogP contribution >= 0.6 is 11.3 Å². The lowest BCUT2D eigenvalue weighted by Crippen LogP contribution is -2.04. The second kappa shape index (κ2) is 8.11. The van der Waals surface area contributed by atoms with Gasteiger partial charge in [-0.25, -0.2) is 4.79 Å². The largest absolute Gasteiger partial charge is 0.465 e. The fourth-order valence-electron chi connectivity index (χ4n) is 3.68. The van der Waals surface area contributed by atoms with Crippen LogP contribution in [-0.2, 0) is 4.74 Å². The second-order valence-corrected chi connectivity index (χ2v) is 8.29. The van der Waals surface area contributed by atoms with Crippen molar-refractivity contribution in [1.29, 1.82) is 0 Å². The van der Waals surface area contributed by atoms with Crippen LogP contribution in [0.4, 0.5) is 0 Å². The van der Waals surface area contributed by atoms with Crippen LogP contribution < -0.4 is 0 Å². The number of aromatic nitrogens is 1. The summed E-state index contributed by atoms with van der Waals surface area (Å²) in [6, 6.07) is 14.3. The third-order valence-electron chi connectivity index (χ3n) is 5.29. The third kappa shape index (κ3) is 3.65. The van der Waals surface area contributed by atoms with Gasteiger partial charge in [0.15, 0.2) is 0 Å². The number of rotatable bonds is 4. The molecule has 0 radical (unpaired) electrons. The first kappa shape index (κ1) is 18.6. The van der Waals surface area contributed by atoms with Gasteiger partial charge in [-0.2, -0.15) is 0 Å². The maximum atomic E-state index is 12.5. The maximum absolute atomic E-state index is 12.5. The average molecular weight is 390 g/mol. The van der Waals surface area contributed by atoms with Gasteiger partial charge in [-0.05, 0) is 54.0 Å². The van der Waals surface area contributed by atoms with Crippen molar-refractivity contribution in [2.45, 2.75) is 26.2 Å². The highest BCUT2D eigenvalue weighted by Crippen LogP contribution is 2.41. The first-order chi connectivity index (χ1) is 13.7. The molecular formula is C24H23NO2S. The molecule has 0 bridgehead atoms. The van der Waals surface area contributed by atoms with Crippen molar-refractivity contribution in [3.05, 3.63) is 71.4 Å². The van der Waals surface area contributed by atoms with Crippen LogP contribution in [0.25, 0.3) is 27.1 Å². The van der Waals surface area contributed by atoms with Gasteiger partial charge in [0.2, 0.25) is 0 Å². The topological polar surface area (TPSA) is 39.2 Å². The smallest absolute Gasteiger partial charge is 0.348 e. The van der Waals surface area contributed by atoms with Crippen LogP contribution in [0.5, 0.6) is 0 Å². The van der Waals surface area contributed by atoms with Crippen molar-refractivity contribution in [3.8, 4) is 21.6 Å². The number of nitrogens with zero attached hydrogens (tertiary/aromatic N) is 1. The summed E-state index contributed by atoms with van der Waals surface area (Å²) in [5, 5.41) is 0. The molecule has 0 saturated heterocycles. The lowest BCUT2D eigenvalue weighted by Gasteiger charge is -2.20. The predicted molar refractivity (Wildman–Crippen MR) is 115 cm³/mol. The lowest BCUT2D eigenvalue weighted by molar-refractivity contribution is 0.0607. The average Bonchev–Trinajstić information content (AvgIpc) is 3.20. The molecule has 0 aliphatic heterocycles. The minimum atomic E-state index is -0.303. The van der Waals surface area contributed by atoms with E-state index < -0.39 is 0 Å². The number of thiophene rings is 1. The molecule has 1 atom stereocenters. The zero-order chi connectivity index (χ0) is 19.5. The van der Waals surface area contributed by atoms with Gasteiger partial charge < -0.3 is 4.74 Å². The summed E-state index contributed by atoms with van der Waals surface area (Å²) < 4.78 is 5.08.